The summed E-state index contributed by atoms with van der Waals surface area (Å²) in [6, 6.07) is 40.8. The first-order chi connectivity index (χ1) is 16.7. The molecule has 36 heavy (non-hydrogen) atoms. The van der Waals surface area contributed by atoms with Crippen LogP contribution in [-0.4, -0.2) is 5.92 Å². The van der Waals surface area contributed by atoms with Crippen LogP contribution in [0, 0.1) is 0 Å². The first-order valence-corrected chi connectivity index (χ1v) is 22.3. The summed E-state index contributed by atoms with van der Waals surface area (Å²) in [5, 5.41) is 0. The van der Waals surface area contributed by atoms with Crippen LogP contribution in [0.2, 0.25) is 13.1 Å². The van der Waals surface area contributed by atoms with E-state index in [1.807, 2.05) is 0 Å². The van der Waals surface area contributed by atoms with Crippen molar-refractivity contribution in [3.63, 3.8) is 0 Å². The maximum atomic E-state index is 2.64. The van der Waals surface area contributed by atoms with Crippen LogP contribution in [0.1, 0.15) is 40.6 Å². The molecule has 0 radical (unpaired) electrons. The van der Waals surface area contributed by atoms with Crippen molar-refractivity contribution in [1.29, 1.82) is 0 Å². The SMILES string of the molecule is C[SiH](C)[Zr+2]([CH]1C(c2ccccc2)=Cc2ccccc21)[CH]1C(c2ccccc2)=Cc2ccccc21.[Br-].[Br-]. The standard InChI is InChI=1S/2C15H11.C2H7Si.2BrH.Zr/c2*1-2-6-12(7-3-1)15-10-13-8-4-5-9-14(13)11-15;1-3-2;;;/h2*1-11H;3H,1-2H3;2*1H;/q;;;;;+2/p-2. The zero-order valence-electron chi connectivity index (χ0n) is 20.5. The molecule has 0 bridgehead atoms. The first kappa shape index (κ1) is 27.5. The Morgan fingerprint density at radius 1 is 0.500 bits per heavy atom. The van der Waals surface area contributed by atoms with Gasteiger partial charge in [0.05, 0.1) is 0 Å². The molecule has 2 aliphatic carbocycles. The monoisotopic (exact) mass is 689 g/mol. The fourth-order valence-corrected chi connectivity index (χ4v) is 28.2. The maximum Gasteiger partial charge on any atom is -1.00 e. The summed E-state index contributed by atoms with van der Waals surface area (Å²) in [5.41, 5.74) is 12.0. The summed E-state index contributed by atoms with van der Waals surface area (Å²) in [7, 11) is 0. The van der Waals surface area contributed by atoms with Crippen molar-refractivity contribution < 1.29 is 54.9 Å². The van der Waals surface area contributed by atoms with E-state index in [2.05, 4.69) is 134 Å². The molecule has 2 unspecified atom stereocenters. The third-order valence-electron chi connectivity index (χ3n) is 7.41. The molecule has 0 amide bonds. The second kappa shape index (κ2) is 11.9. The van der Waals surface area contributed by atoms with Crippen LogP contribution >= 0.6 is 0 Å². The van der Waals surface area contributed by atoms with Gasteiger partial charge in [-0.2, -0.15) is 0 Å². The van der Waals surface area contributed by atoms with Crippen molar-refractivity contribution in [3.8, 4) is 0 Å². The Bertz CT molecular complexity index is 1290. The summed E-state index contributed by atoms with van der Waals surface area (Å²) < 4.78 is 1.21. The van der Waals surface area contributed by atoms with Gasteiger partial charge in [-0.25, -0.2) is 0 Å². The zero-order valence-corrected chi connectivity index (χ0v) is 27.3. The van der Waals surface area contributed by atoms with Gasteiger partial charge in [0.1, 0.15) is 0 Å². The third kappa shape index (κ3) is 4.95. The first-order valence-electron chi connectivity index (χ1n) is 12.3. The Morgan fingerprint density at radius 2 is 0.861 bits per heavy atom. The molecule has 0 nitrogen and oxygen atoms in total. The molecule has 0 saturated carbocycles. The summed E-state index contributed by atoms with van der Waals surface area (Å²) in [4.78, 5) is 0. The van der Waals surface area contributed by atoms with Gasteiger partial charge in [0.15, 0.2) is 0 Å². The maximum absolute atomic E-state index is 2.64. The fourth-order valence-electron chi connectivity index (χ4n) is 5.96. The molecule has 6 rings (SSSR count). The fraction of sp³-hybridized carbons (Fsp3) is 0.125. The Morgan fingerprint density at radius 3 is 1.25 bits per heavy atom. The van der Waals surface area contributed by atoms with Gasteiger partial charge in [-0.3, -0.25) is 0 Å². The van der Waals surface area contributed by atoms with Crippen molar-refractivity contribution in [2.45, 2.75) is 20.3 Å². The molecule has 179 valence electrons. The predicted molar refractivity (Wildman–Crippen MR) is 146 cm³/mol. The molecular weight excluding hydrogens is 663 g/mol. The van der Waals surface area contributed by atoms with Crippen molar-refractivity contribution in [1.82, 2.24) is 0 Å². The molecule has 0 spiro atoms. The Hall–Kier alpha value is -1.58. The number of hydrogen-bond acceptors (Lipinski definition) is 0. The molecule has 4 aromatic carbocycles. The third-order valence-corrected chi connectivity index (χ3v) is 28.9. The second-order valence-electron chi connectivity index (χ2n) is 9.71. The van der Waals surface area contributed by atoms with Gasteiger partial charge in [-0.05, 0) is 0 Å². The van der Waals surface area contributed by atoms with Crippen LogP contribution < -0.4 is 34.0 Å². The molecule has 4 heteroatoms. The Kier molecular flexibility index (Phi) is 9.05. The molecule has 0 aliphatic heterocycles. The van der Waals surface area contributed by atoms with E-state index in [1.54, 1.807) is 22.3 Å². The summed E-state index contributed by atoms with van der Waals surface area (Å²) in [6.45, 7) is 5.28. The van der Waals surface area contributed by atoms with E-state index in [1.165, 1.54) is 22.3 Å². The zero-order chi connectivity index (χ0) is 23.1. The topological polar surface area (TPSA) is 0 Å². The summed E-state index contributed by atoms with van der Waals surface area (Å²) >= 11 is -2.14. The van der Waals surface area contributed by atoms with Crippen LogP contribution in [0.25, 0.3) is 23.3 Å². The van der Waals surface area contributed by atoms with E-state index in [9.17, 15) is 0 Å². The molecule has 0 N–H and O–H groups in total. The van der Waals surface area contributed by atoms with Crippen molar-refractivity contribution in [2.75, 3.05) is 0 Å². The van der Waals surface area contributed by atoms with Gasteiger partial charge < -0.3 is 34.0 Å². The number of benzene rings is 4. The average molecular weight is 693 g/mol. The molecule has 0 heterocycles. The minimum absolute atomic E-state index is 0. The molecule has 2 atom stereocenters. The number of allylic oxidation sites excluding steroid dienone is 2. The van der Waals surface area contributed by atoms with Crippen molar-refractivity contribution in [3.05, 3.63) is 143 Å². The molecular formula is C32H29Br2SiZr. The molecule has 0 fully saturated rings. The van der Waals surface area contributed by atoms with E-state index in [0.717, 1.165) is 0 Å². The Balaban J connectivity index is 0.00000152. The van der Waals surface area contributed by atoms with Crippen LogP contribution in [0.5, 0.6) is 0 Å². The van der Waals surface area contributed by atoms with Gasteiger partial charge >= 0.3 is 213 Å². The number of rotatable bonds is 5. The van der Waals surface area contributed by atoms with Crippen molar-refractivity contribution in [2.24, 2.45) is 0 Å². The Labute approximate surface area is 245 Å². The van der Waals surface area contributed by atoms with Crippen molar-refractivity contribution >= 4 is 29.2 Å². The molecule has 0 aromatic heterocycles. The van der Waals surface area contributed by atoms with E-state index >= 15 is 0 Å². The average Bonchev–Trinajstić information content (AvgIpc) is 3.45. The number of halogens is 2. The molecule has 2 aliphatic rings. The minimum Gasteiger partial charge on any atom is -1.00 e. The molecule has 4 aromatic rings. The van der Waals surface area contributed by atoms with Crippen LogP contribution in [0.3, 0.4) is 0 Å². The van der Waals surface area contributed by atoms with E-state index in [0.29, 0.717) is 7.25 Å². The minimum atomic E-state index is -2.14. The summed E-state index contributed by atoms with van der Waals surface area (Å²) in [6.07, 6.45) is 5.03. The number of fused-ring (bicyclic) bond motifs is 2. The van der Waals surface area contributed by atoms with E-state index in [4.69, 9.17) is 0 Å². The van der Waals surface area contributed by atoms with Gasteiger partial charge in [-0.15, -0.1) is 0 Å². The summed E-state index contributed by atoms with van der Waals surface area (Å²) in [5.74, 6) is -0.918. The number of hydrogen-bond donors (Lipinski definition) is 0. The van der Waals surface area contributed by atoms with Gasteiger partial charge in [-0.1, -0.05) is 0 Å². The second-order valence-corrected chi connectivity index (χ2v) is 29.8. The predicted octanol–water partition coefficient (Wildman–Crippen LogP) is 2.19. The van der Waals surface area contributed by atoms with Crippen LogP contribution in [0.4, 0.5) is 0 Å². The smallest absolute Gasteiger partial charge is 1.00 e. The van der Waals surface area contributed by atoms with E-state index in [-0.39, 0.29) is 34.0 Å². The largest absolute Gasteiger partial charge is 1.00 e. The van der Waals surface area contributed by atoms with Gasteiger partial charge in [0, 0.05) is 0 Å². The van der Waals surface area contributed by atoms with Crippen LogP contribution in [-0.2, 0) is 20.9 Å². The van der Waals surface area contributed by atoms with Gasteiger partial charge in [0.25, 0.3) is 0 Å². The van der Waals surface area contributed by atoms with Gasteiger partial charge in [0.2, 0.25) is 0 Å². The quantitative estimate of drug-likeness (QED) is 0.282. The van der Waals surface area contributed by atoms with E-state index < -0.39 is 26.8 Å². The molecule has 0 saturated heterocycles. The van der Waals surface area contributed by atoms with Crippen LogP contribution in [0.15, 0.2) is 109 Å². The normalized spacial score (nSPS) is 17.3.